The molecule has 0 aliphatic rings. The van der Waals surface area contributed by atoms with Gasteiger partial charge < -0.3 is 9.63 Å². The molecule has 0 amide bonds. The van der Waals surface area contributed by atoms with E-state index in [9.17, 15) is 4.79 Å². The highest BCUT2D eigenvalue weighted by molar-refractivity contribution is 5.68. The van der Waals surface area contributed by atoms with E-state index in [2.05, 4.69) is 5.16 Å². The number of hydrogen-bond acceptors (Lipinski definition) is 3. The second kappa shape index (κ2) is 4.61. The number of carbonyl (C=O) groups is 1. The van der Waals surface area contributed by atoms with Gasteiger partial charge >= 0.3 is 5.97 Å². The van der Waals surface area contributed by atoms with Crippen LogP contribution in [0.15, 0.2) is 41.1 Å². The first-order valence-corrected chi connectivity index (χ1v) is 4.98. The molecule has 4 heteroatoms. The predicted molar refractivity (Wildman–Crippen MR) is 57.9 cm³/mol. The van der Waals surface area contributed by atoms with E-state index < -0.39 is 5.97 Å². The van der Waals surface area contributed by atoms with Gasteiger partial charge in [0.25, 0.3) is 0 Å². The molecule has 0 unspecified atom stereocenters. The van der Waals surface area contributed by atoms with Crippen LogP contribution in [0.5, 0.6) is 0 Å². The molecule has 0 aliphatic heterocycles. The number of carboxylic acids is 1. The number of hydrogen-bond donors (Lipinski definition) is 1. The lowest BCUT2D eigenvalue weighted by atomic mass is 10.1. The Hall–Kier alpha value is -2.10. The van der Waals surface area contributed by atoms with Crippen molar-refractivity contribution in [2.75, 3.05) is 0 Å². The fraction of sp³-hybridized carbons (Fsp3) is 0.167. The SMILES string of the molecule is O=C(O)CCc1conc1-c1ccccc1. The van der Waals surface area contributed by atoms with E-state index in [1.54, 1.807) is 0 Å². The first-order valence-electron chi connectivity index (χ1n) is 4.98. The lowest BCUT2D eigenvalue weighted by Gasteiger charge is -1.98. The van der Waals surface area contributed by atoms with Crippen molar-refractivity contribution in [3.05, 3.63) is 42.2 Å². The second-order valence-electron chi connectivity index (χ2n) is 3.45. The quantitative estimate of drug-likeness (QED) is 0.853. The van der Waals surface area contributed by atoms with Crippen LogP contribution in [0, 0.1) is 0 Å². The molecule has 1 N–H and O–H groups in total. The smallest absolute Gasteiger partial charge is 0.303 e. The zero-order chi connectivity index (χ0) is 11.4. The van der Waals surface area contributed by atoms with Gasteiger partial charge in [0.2, 0.25) is 0 Å². The third-order valence-electron chi connectivity index (χ3n) is 2.30. The van der Waals surface area contributed by atoms with E-state index in [0.29, 0.717) is 6.42 Å². The Morgan fingerprint density at radius 3 is 2.75 bits per heavy atom. The van der Waals surface area contributed by atoms with E-state index in [-0.39, 0.29) is 6.42 Å². The predicted octanol–water partition coefficient (Wildman–Crippen LogP) is 2.36. The molecule has 16 heavy (non-hydrogen) atoms. The van der Waals surface area contributed by atoms with Crippen molar-refractivity contribution in [2.45, 2.75) is 12.8 Å². The van der Waals surface area contributed by atoms with Gasteiger partial charge in [0, 0.05) is 17.5 Å². The van der Waals surface area contributed by atoms with Crippen LogP contribution in [0.25, 0.3) is 11.3 Å². The summed E-state index contributed by atoms with van der Waals surface area (Å²) in [7, 11) is 0. The summed E-state index contributed by atoms with van der Waals surface area (Å²) in [5.74, 6) is -0.819. The molecule has 0 saturated heterocycles. The van der Waals surface area contributed by atoms with Crippen LogP contribution in [0.1, 0.15) is 12.0 Å². The summed E-state index contributed by atoms with van der Waals surface area (Å²) in [6.45, 7) is 0. The number of aromatic nitrogens is 1. The topological polar surface area (TPSA) is 63.3 Å². The zero-order valence-electron chi connectivity index (χ0n) is 8.59. The Labute approximate surface area is 92.5 Å². The van der Waals surface area contributed by atoms with Crippen LogP contribution in [0.4, 0.5) is 0 Å². The third kappa shape index (κ3) is 2.28. The van der Waals surface area contributed by atoms with Gasteiger partial charge in [-0.1, -0.05) is 35.5 Å². The maximum absolute atomic E-state index is 10.5. The Morgan fingerprint density at radius 1 is 1.31 bits per heavy atom. The summed E-state index contributed by atoms with van der Waals surface area (Å²) < 4.78 is 4.89. The summed E-state index contributed by atoms with van der Waals surface area (Å²) in [6, 6.07) is 9.57. The molecule has 0 aliphatic carbocycles. The minimum atomic E-state index is -0.819. The van der Waals surface area contributed by atoms with Gasteiger partial charge in [0.15, 0.2) is 0 Å². The first kappa shape index (κ1) is 10.4. The van der Waals surface area contributed by atoms with Gasteiger partial charge in [-0.25, -0.2) is 0 Å². The van der Waals surface area contributed by atoms with Crippen molar-refractivity contribution < 1.29 is 14.4 Å². The van der Waals surface area contributed by atoms with Crippen LogP contribution < -0.4 is 0 Å². The highest BCUT2D eigenvalue weighted by Crippen LogP contribution is 2.22. The molecule has 0 spiro atoms. The summed E-state index contributed by atoms with van der Waals surface area (Å²) in [5, 5.41) is 12.5. The minimum Gasteiger partial charge on any atom is -0.481 e. The molecule has 2 aromatic rings. The maximum atomic E-state index is 10.5. The molecule has 0 fully saturated rings. The lowest BCUT2D eigenvalue weighted by molar-refractivity contribution is -0.136. The van der Waals surface area contributed by atoms with Crippen molar-refractivity contribution in [3.8, 4) is 11.3 Å². The normalized spacial score (nSPS) is 10.2. The number of rotatable bonds is 4. The van der Waals surface area contributed by atoms with E-state index in [1.807, 2.05) is 30.3 Å². The van der Waals surface area contributed by atoms with E-state index >= 15 is 0 Å². The number of aliphatic carboxylic acids is 1. The number of carboxylic acid groups (broad SMARTS) is 1. The summed E-state index contributed by atoms with van der Waals surface area (Å²) in [6.07, 6.45) is 2.02. The first-order chi connectivity index (χ1) is 7.77. The molecule has 1 aromatic heterocycles. The van der Waals surface area contributed by atoms with E-state index in [0.717, 1.165) is 16.8 Å². The fourth-order valence-electron chi connectivity index (χ4n) is 1.51. The van der Waals surface area contributed by atoms with Gasteiger partial charge in [-0.05, 0) is 6.42 Å². The molecule has 1 aromatic carbocycles. The fourth-order valence-corrected chi connectivity index (χ4v) is 1.51. The summed E-state index contributed by atoms with van der Waals surface area (Å²) in [5.41, 5.74) is 2.49. The Balaban J connectivity index is 2.23. The summed E-state index contributed by atoms with van der Waals surface area (Å²) >= 11 is 0. The molecule has 0 bridgehead atoms. The van der Waals surface area contributed by atoms with Crippen molar-refractivity contribution in [2.24, 2.45) is 0 Å². The number of nitrogens with zero attached hydrogens (tertiary/aromatic N) is 1. The second-order valence-corrected chi connectivity index (χ2v) is 3.45. The lowest BCUT2D eigenvalue weighted by Crippen LogP contribution is -1.97. The van der Waals surface area contributed by atoms with Gasteiger partial charge in [-0.3, -0.25) is 4.79 Å². The van der Waals surface area contributed by atoms with Gasteiger partial charge in [0.1, 0.15) is 12.0 Å². The molecule has 1 heterocycles. The third-order valence-corrected chi connectivity index (χ3v) is 2.30. The Bertz CT molecular complexity index is 476. The minimum absolute atomic E-state index is 0.0844. The number of aryl methyl sites for hydroxylation is 1. The number of benzene rings is 1. The largest absolute Gasteiger partial charge is 0.481 e. The average Bonchev–Trinajstić information content (AvgIpc) is 2.75. The maximum Gasteiger partial charge on any atom is 0.303 e. The van der Waals surface area contributed by atoms with Crippen molar-refractivity contribution in [1.29, 1.82) is 0 Å². The summed E-state index contributed by atoms with van der Waals surface area (Å²) in [4.78, 5) is 10.5. The molecule has 2 rings (SSSR count). The zero-order valence-corrected chi connectivity index (χ0v) is 8.59. The van der Waals surface area contributed by atoms with Crippen molar-refractivity contribution in [3.63, 3.8) is 0 Å². The Kier molecular flexibility index (Phi) is 3.00. The van der Waals surface area contributed by atoms with Crippen LogP contribution in [0.3, 0.4) is 0 Å². The van der Waals surface area contributed by atoms with Crippen LogP contribution in [0.2, 0.25) is 0 Å². The molecule has 0 atom stereocenters. The van der Waals surface area contributed by atoms with E-state index in [1.165, 1.54) is 6.26 Å². The van der Waals surface area contributed by atoms with Crippen molar-refractivity contribution >= 4 is 5.97 Å². The monoisotopic (exact) mass is 217 g/mol. The van der Waals surface area contributed by atoms with Crippen LogP contribution in [-0.4, -0.2) is 16.2 Å². The average molecular weight is 217 g/mol. The molecular formula is C12H11NO3. The van der Waals surface area contributed by atoms with Crippen LogP contribution in [-0.2, 0) is 11.2 Å². The molecule has 0 saturated carbocycles. The van der Waals surface area contributed by atoms with Gasteiger partial charge in [-0.2, -0.15) is 0 Å². The van der Waals surface area contributed by atoms with Gasteiger partial charge in [-0.15, -0.1) is 0 Å². The molecular weight excluding hydrogens is 206 g/mol. The highest BCUT2D eigenvalue weighted by atomic mass is 16.5. The Morgan fingerprint density at radius 2 is 2.06 bits per heavy atom. The van der Waals surface area contributed by atoms with Crippen LogP contribution >= 0.6 is 0 Å². The van der Waals surface area contributed by atoms with E-state index in [4.69, 9.17) is 9.63 Å². The molecule has 82 valence electrons. The van der Waals surface area contributed by atoms with Gasteiger partial charge in [0.05, 0.1) is 0 Å². The standard InChI is InChI=1S/C12H11NO3/c14-11(15)7-6-10-8-16-13-12(10)9-4-2-1-3-5-9/h1-5,8H,6-7H2,(H,14,15). The molecule has 4 nitrogen and oxygen atoms in total. The van der Waals surface area contributed by atoms with Crippen molar-refractivity contribution in [1.82, 2.24) is 5.16 Å². The molecule has 0 radical (unpaired) electrons. The highest BCUT2D eigenvalue weighted by Gasteiger charge is 2.10.